The van der Waals surface area contributed by atoms with E-state index in [2.05, 4.69) is 49.5 Å². The van der Waals surface area contributed by atoms with Gasteiger partial charge in [-0.25, -0.2) is 0 Å². The summed E-state index contributed by atoms with van der Waals surface area (Å²) in [5.41, 5.74) is 0.365. The molecule has 1 saturated heterocycles. The molecule has 2 heterocycles. The molecular weight excluding hydrogens is 378 g/mol. The Bertz CT molecular complexity index is 621. The number of likely N-dealkylation sites (N-methyl/N-ethyl adjacent to an activating group) is 1. The lowest BCUT2D eigenvalue weighted by atomic mass is 10.0. The van der Waals surface area contributed by atoms with Crippen molar-refractivity contribution in [2.75, 3.05) is 46.4 Å². The van der Waals surface area contributed by atoms with E-state index in [1.807, 2.05) is 12.1 Å². The fraction of sp³-hybridized carbons (Fsp3) is 0.750. The number of Topliss-reactive ketones (excluding diaryl/α,β-unsaturated/α-hetero) is 1. The lowest BCUT2D eigenvalue weighted by Crippen LogP contribution is -2.38. The number of aromatic nitrogens is 1. The van der Waals surface area contributed by atoms with Crippen LogP contribution in [0.3, 0.4) is 0 Å². The van der Waals surface area contributed by atoms with Crippen LogP contribution in [0.25, 0.3) is 0 Å². The Balaban J connectivity index is 1.60. The summed E-state index contributed by atoms with van der Waals surface area (Å²) in [4.78, 5) is 21.2. The molecule has 2 rings (SSSR count). The van der Waals surface area contributed by atoms with Crippen molar-refractivity contribution in [3.8, 4) is 0 Å². The largest absolute Gasteiger partial charge is 0.377 e. The molecule has 0 bridgehead atoms. The molecule has 1 aliphatic heterocycles. The number of likely N-dealkylation sites (tertiary alicyclic amines) is 1. The van der Waals surface area contributed by atoms with Crippen LogP contribution in [0.2, 0.25) is 0 Å². The van der Waals surface area contributed by atoms with Crippen LogP contribution in [0.1, 0.15) is 63.9 Å². The van der Waals surface area contributed by atoms with Crippen molar-refractivity contribution in [3.05, 3.63) is 30.1 Å². The zero-order chi connectivity index (χ0) is 22.0. The number of carbonyl (C=O) groups excluding carboxylic acids is 1. The monoisotopic (exact) mass is 419 g/mol. The standard InChI is InChI=1S/C24H41N3O3/c1-20(2)29-18-16-26(5)21-11-14-27(19-21)15-12-24(3,4)30-17-8-10-23(28)22-9-6-7-13-25-22/h6-7,9,13,20-21H,8,10-12,14-19H2,1-5H3/t21-/m1/s1. The third kappa shape index (κ3) is 9.21. The van der Waals surface area contributed by atoms with E-state index in [0.29, 0.717) is 30.9 Å². The van der Waals surface area contributed by atoms with Gasteiger partial charge < -0.3 is 14.4 Å². The molecule has 1 atom stereocenters. The molecule has 0 aliphatic carbocycles. The minimum Gasteiger partial charge on any atom is -0.377 e. The van der Waals surface area contributed by atoms with Gasteiger partial charge in [-0.15, -0.1) is 0 Å². The number of hydrogen-bond acceptors (Lipinski definition) is 6. The van der Waals surface area contributed by atoms with Crippen LogP contribution >= 0.6 is 0 Å². The maximum atomic E-state index is 12.1. The van der Waals surface area contributed by atoms with E-state index in [1.165, 1.54) is 6.42 Å². The van der Waals surface area contributed by atoms with Gasteiger partial charge in [-0.2, -0.15) is 0 Å². The summed E-state index contributed by atoms with van der Waals surface area (Å²) in [7, 11) is 2.21. The van der Waals surface area contributed by atoms with E-state index < -0.39 is 0 Å². The smallest absolute Gasteiger partial charge is 0.181 e. The van der Waals surface area contributed by atoms with Crippen molar-refractivity contribution in [2.24, 2.45) is 0 Å². The van der Waals surface area contributed by atoms with Crippen molar-refractivity contribution < 1.29 is 14.3 Å². The predicted octanol–water partition coefficient (Wildman–Crippen LogP) is 3.66. The predicted molar refractivity (Wildman–Crippen MR) is 121 cm³/mol. The molecule has 1 aromatic heterocycles. The van der Waals surface area contributed by atoms with Gasteiger partial charge in [-0.05, 0) is 72.7 Å². The highest BCUT2D eigenvalue weighted by molar-refractivity contribution is 5.94. The molecular formula is C24H41N3O3. The Hall–Kier alpha value is -1.34. The second-order valence-electron chi connectivity index (χ2n) is 9.24. The summed E-state index contributed by atoms with van der Waals surface area (Å²) >= 11 is 0. The molecule has 0 saturated carbocycles. The quantitative estimate of drug-likeness (QED) is 0.339. The van der Waals surface area contributed by atoms with Crippen LogP contribution in [0.4, 0.5) is 0 Å². The molecule has 1 aliphatic rings. The van der Waals surface area contributed by atoms with Crippen molar-refractivity contribution in [2.45, 2.75) is 71.1 Å². The van der Waals surface area contributed by atoms with Gasteiger partial charge in [0.2, 0.25) is 0 Å². The highest BCUT2D eigenvalue weighted by atomic mass is 16.5. The first-order valence-corrected chi connectivity index (χ1v) is 11.4. The van der Waals surface area contributed by atoms with E-state index in [4.69, 9.17) is 9.47 Å². The number of pyridine rings is 1. The van der Waals surface area contributed by atoms with Gasteiger partial charge in [-0.1, -0.05) is 6.07 Å². The molecule has 0 N–H and O–H groups in total. The van der Waals surface area contributed by atoms with E-state index >= 15 is 0 Å². The Labute approximate surface area is 182 Å². The summed E-state index contributed by atoms with van der Waals surface area (Å²) in [6.07, 6.45) is 5.38. The Morgan fingerprint density at radius 1 is 1.33 bits per heavy atom. The second-order valence-corrected chi connectivity index (χ2v) is 9.24. The summed E-state index contributed by atoms with van der Waals surface area (Å²) in [5.74, 6) is 0.0861. The van der Waals surface area contributed by atoms with E-state index in [-0.39, 0.29) is 11.4 Å². The lowest BCUT2D eigenvalue weighted by molar-refractivity contribution is -0.0293. The fourth-order valence-electron chi connectivity index (χ4n) is 3.73. The average Bonchev–Trinajstić information content (AvgIpc) is 3.19. The maximum absolute atomic E-state index is 12.1. The average molecular weight is 420 g/mol. The van der Waals surface area contributed by atoms with Crippen LogP contribution in [-0.2, 0) is 9.47 Å². The zero-order valence-corrected chi connectivity index (χ0v) is 19.6. The third-order valence-corrected chi connectivity index (χ3v) is 5.79. The SMILES string of the molecule is CC(C)OCCN(C)[C@@H]1CCN(CCC(C)(C)OCCCC(=O)c2ccccn2)C1. The molecule has 30 heavy (non-hydrogen) atoms. The van der Waals surface area contributed by atoms with Crippen molar-refractivity contribution in [1.82, 2.24) is 14.8 Å². The Morgan fingerprint density at radius 3 is 2.83 bits per heavy atom. The fourth-order valence-corrected chi connectivity index (χ4v) is 3.73. The maximum Gasteiger partial charge on any atom is 0.181 e. The first-order valence-electron chi connectivity index (χ1n) is 11.4. The molecule has 0 spiro atoms. The Morgan fingerprint density at radius 2 is 2.13 bits per heavy atom. The highest BCUT2D eigenvalue weighted by Gasteiger charge is 2.27. The summed E-state index contributed by atoms with van der Waals surface area (Å²) in [5, 5.41) is 0. The van der Waals surface area contributed by atoms with Gasteiger partial charge in [0.05, 0.1) is 18.3 Å². The van der Waals surface area contributed by atoms with Crippen LogP contribution in [0.5, 0.6) is 0 Å². The number of nitrogens with zero attached hydrogens (tertiary/aromatic N) is 3. The van der Waals surface area contributed by atoms with Gasteiger partial charge in [0.1, 0.15) is 5.69 Å². The first-order chi connectivity index (χ1) is 14.3. The van der Waals surface area contributed by atoms with Crippen molar-refractivity contribution >= 4 is 5.78 Å². The van der Waals surface area contributed by atoms with Gasteiger partial charge in [-0.3, -0.25) is 14.7 Å². The number of ether oxygens (including phenoxy) is 2. The third-order valence-electron chi connectivity index (χ3n) is 5.79. The molecule has 0 radical (unpaired) electrons. The van der Waals surface area contributed by atoms with Gasteiger partial charge >= 0.3 is 0 Å². The van der Waals surface area contributed by atoms with Crippen LogP contribution in [0, 0.1) is 0 Å². The second kappa shape index (κ2) is 12.5. The van der Waals surface area contributed by atoms with Crippen LogP contribution in [0.15, 0.2) is 24.4 Å². The van der Waals surface area contributed by atoms with Crippen LogP contribution < -0.4 is 0 Å². The van der Waals surface area contributed by atoms with E-state index in [0.717, 1.165) is 45.6 Å². The molecule has 6 heteroatoms. The first kappa shape index (κ1) is 24.9. The van der Waals surface area contributed by atoms with Crippen molar-refractivity contribution in [3.63, 3.8) is 0 Å². The normalized spacial score (nSPS) is 17.9. The number of hydrogen-bond donors (Lipinski definition) is 0. The molecule has 0 aromatic carbocycles. The highest BCUT2D eigenvalue weighted by Crippen LogP contribution is 2.20. The minimum atomic E-state index is -0.177. The number of rotatable bonds is 14. The summed E-state index contributed by atoms with van der Waals surface area (Å²) in [6.45, 7) is 14.2. The van der Waals surface area contributed by atoms with E-state index in [1.54, 1.807) is 12.3 Å². The lowest BCUT2D eigenvalue weighted by Gasteiger charge is -2.29. The van der Waals surface area contributed by atoms with E-state index in [9.17, 15) is 4.79 Å². The molecule has 1 aromatic rings. The van der Waals surface area contributed by atoms with Crippen molar-refractivity contribution in [1.29, 1.82) is 0 Å². The number of ketones is 1. The van der Waals surface area contributed by atoms with Crippen LogP contribution in [-0.4, -0.2) is 84.8 Å². The minimum absolute atomic E-state index is 0.0861. The van der Waals surface area contributed by atoms with Gasteiger partial charge in [0.15, 0.2) is 5.78 Å². The van der Waals surface area contributed by atoms with Gasteiger partial charge in [0, 0.05) is 44.9 Å². The molecule has 0 unspecified atom stereocenters. The molecule has 0 amide bonds. The topological polar surface area (TPSA) is 54.9 Å². The summed E-state index contributed by atoms with van der Waals surface area (Å²) in [6, 6.07) is 6.05. The Kier molecular flexibility index (Phi) is 10.4. The molecule has 170 valence electrons. The molecule has 6 nitrogen and oxygen atoms in total. The molecule has 1 fully saturated rings. The van der Waals surface area contributed by atoms with Gasteiger partial charge in [0.25, 0.3) is 0 Å². The summed E-state index contributed by atoms with van der Waals surface area (Å²) < 4.78 is 11.8. The zero-order valence-electron chi connectivity index (χ0n) is 19.6. The number of carbonyl (C=O) groups is 1.